The van der Waals surface area contributed by atoms with Crippen molar-refractivity contribution >= 4 is 43.4 Å². The minimum absolute atomic E-state index is 0.148. The van der Waals surface area contributed by atoms with Crippen LogP contribution in [0, 0.1) is 12.8 Å². The monoisotopic (exact) mass is 481 g/mol. The van der Waals surface area contributed by atoms with E-state index < -0.39 is 15.9 Å². The van der Waals surface area contributed by atoms with Gasteiger partial charge in [0.05, 0.1) is 27.5 Å². The van der Waals surface area contributed by atoms with Crippen molar-refractivity contribution in [2.75, 3.05) is 18.4 Å². The lowest BCUT2D eigenvalue weighted by Crippen LogP contribution is -2.43. The Labute approximate surface area is 195 Å². The van der Waals surface area contributed by atoms with Crippen LogP contribution in [0.2, 0.25) is 0 Å². The molecule has 1 fully saturated rings. The predicted octanol–water partition coefficient (Wildman–Crippen LogP) is 4.03. The summed E-state index contributed by atoms with van der Waals surface area (Å²) in [6.07, 6.45) is 1.26. The number of hydrogen-bond acceptors (Lipinski definition) is 6. The highest BCUT2D eigenvalue weighted by molar-refractivity contribution is 7.89. The Hall–Kier alpha value is -3.08. The molecule has 0 radical (unpaired) electrons. The van der Waals surface area contributed by atoms with Gasteiger partial charge in [0.15, 0.2) is 5.13 Å². The van der Waals surface area contributed by atoms with Crippen LogP contribution in [0.25, 0.3) is 22.4 Å². The number of nitrogens with one attached hydrogen (secondary N) is 2. The van der Waals surface area contributed by atoms with Gasteiger partial charge in [0, 0.05) is 24.0 Å². The second kappa shape index (κ2) is 8.69. The summed E-state index contributed by atoms with van der Waals surface area (Å²) in [7, 11) is -3.75. The Morgan fingerprint density at radius 1 is 1.18 bits per heavy atom. The van der Waals surface area contributed by atoms with E-state index in [0.29, 0.717) is 41.4 Å². The van der Waals surface area contributed by atoms with Crippen molar-refractivity contribution in [2.24, 2.45) is 5.92 Å². The Balaban J connectivity index is 1.36. The fraction of sp³-hybridized carbons (Fsp3) is 0.261. The Morgan fingerprint density at radius 3 is 2.76 bits per heavy atom. The maximum atomic E-state index is 13.4. The van der Waals surface area contributed by atoms with E-state index in [-0.39, 0.29) is 17.3 Å². The SMILES string of the molecule is Cc1csc(NC(=O)C2CCCN(S(=O)(=O)c3ccc4nc(-c5ccccc5)[nH]c4c3)C2)n1. The molecule has 0 aliphatic carbocycles. The predicted molar refractivity (Wildman–Crippen MR) is 128 cm³/mol. The molecule has 5 rings (SSSR count). The molecule has 2 aromatic heterocycles. The lowest BCUT2D eigenvalue weighted by Gasteiger charge is -2.31. The van der Waals surface area contributed by atoms with Crippen LogP contribution in [0.4, 0.5) is 5.13 Å². The maximum absolute atomic E-state index is 13.4. The van der Waals surface area contributed by atoms with Crippen molar-refractivity contribution in [2.45, 2.75) is 24.7 Å². The maximum Gasteiger partial charge on any atom is 0.243 e. The summed E-state index contributed by atoms with van der Waals surface area (Å²) in [4.78, 5) is 25.0. The van der Waals surface area contributed by atoms with Crippen LogP contribution in [-0.4, -0.2) is 46.7 Å². The number of H-pyrrole nitrogens is 1. The number of fused-ring (bicyclic) bond motifs is 1. The summed E-state index contributed by atoms with van der Waals surface area (Å²) in [6.45, 7) is 2.40. The number of amides is 1. The highest BCUT2D eigenvalue weighted by Crippen LogP contribution is 2.28. The topological polar surface area (TPSA) is 108 Å². The van der Waals surface area contributed by atoms with Crippen LogP contribution < -0.4 is 5.32 Å². The molecule has 1 saturated heterocycles. The molecule has 0 saturated carbocycles. The smallest absolute Gasteiger partial charge is 0.243 e. The molecule has 4 aromatic rings. The molecule has 170 valence electrons. The van der Waals surface area contributed by atoms with Gasteiger partial charge in [0.1, 0.15) is 5.82 Å². The molecule has 1 atom stereocenters. The number of anilines is 1. The molecule has 2 N–H and O–H groups in total. The first-order valence-electron chi connectivity index (χ1n) is 10.7. The number of aromatic nitrogens is 3. The number of aromatic amines is 1. The van der Waals surface area contributed by atoms with Crippen molar-refractivity contribution in [3.63, 3.8) is 0 Å². The van der Waals surface area contributed by atoms with E-state index in [1.165, 1.54) is 15.6 Å². The molecule has 0 spiro atoms. The first kappa shape index (κ1) is 21.7. The summed E-state index contributed by atoms with van der Waals surface area (Å²) in [5.41, 5.74) is 3.12. The third-order valence-corrected chi connectivity index (χ3v) is 8.48. The van der Waals surface area contributed by atoms with Crippen molar-refractivity contribution < 1.29 is 13.2 Å². The molecule has 1 aliphatic heterocycles. The van der Waals surface area contributed by atoms with Gasteiger partial charge < -0.3 is 10.3 Å². The first-order valence-corrected chi connectivity index (χ1v) is 13.0. The number of carbonyl (C=O) groups excluding carboxylic acids is 1. The molecule has 8 nitrogen and oxygen atoms in total. The summed E-state index contributed by atoms with van der Waals surface area (Å²) >= 11 is 1.36. The number of benzene rings is 2. The highest BCUT2D eigenvalue weighted by Gasteiger charge is 2.33. The normalized spacial score (nSPS) is 17.3. The van der Waals surface area contributed by atoms with Crippen LogP contribution in [0.5, 0.6) is 0 Å². The second-order valence-electron chi connectivity index (χ2n) is 8.12. The molecule has 3 heterocycles. The van der Waals surface area contributed by atoms with E-state index in [2.05, 4.69) is 20.3 Å². The summed E-state index contributed by atoms with van der Waals surface area (Å²) < 4.78 is 28.2. The quantitative estimate of drug-likeness (QED) is 0.447. The summed E-state index contributed by atoms with van der Waals surface area (Å²) in [5, 5.41) is 5.22. The van der Waals surface area contributed by atoms with Gasteiger partial charge in [-0.1, -0.05) is 30.3 Å². The van der Waals surface area contributed by atoms with Gasteiger partial charge in [-0.3, -0.25) is 4.79 Å². The molecular weight excluding hydrogens is 458 g/mol. The second-order valence-corrected chi connectivity index (χ2v) is 10.9. The fourth-order valence-electron chi connectivity index (χ4n) is 4.02. The first-order chi connectivity index (χ1) is 15.9. The molecule has 1 unspecified atom stereocenters. The van der Waals surface area contributed by atoms with Crippen molar-refractivity contribution in [3.05, 3.63) is 59.6 Å². The van der Waals surface area contributed by atoms with Crippen LogP contribution in [-0.2, 0) is 14.8 Å². The number of rotatable bonds is 5. The average Bonchev–Trinajstić information content (AvgIpc) is 3.45. The zero-order valence-corrected chi connectivity index (χ0v) is 19.6. The number of nitrogens with zero attached hydrogens (tertiary/aromatic N) is 3. The van der Waals surface area contributed by atoms with Crippen LogP contribution in [0.3, 0.4) is 0 Å². The third kappa shape index (κ3) is 4.41. The third-order valence-electron chi connectivity index (χ3n) is 5.74. The molecule has 1 aliphatic rings. The zero-order valence-electron chi connectivity index (χ0n) is 18.0. The minimum atomic E-state index is -3.75. The van der Waals surface area contributed by atoms with E-state index in [9.17, 15) is 13.2 Å². The standard InChI is InChI=1S/C23H23N5O3S2/c1-15-14-32-23(24-15)27-22(29)17-8-5-11-28(13-17)33(30,31)18-9-10-19-20(12-18)26-21(25-19)16-6-3-2-4-7-16/h2-4,6-7,9-10,12,14,17H,5,8,11,13H2,1H3,(H,25,26)(H,24,27,29). The van der Waals surface area contributed by atoms with Gasteiger partial charge in [-0.05, 0) is 38.0 Å². The van der Waals surface area contributed by atoms with Crippen molar-refractivity contribution in [3.8, 4) is 11.4 Å². The van der Waals surface area contributed by atoms with Crippen LogP contribution >= 0.6 is 11.3 Å². The lowest BCUT2D eigenvalue weighted by atomic mass is 9.99. The number of aryl methyl sites for hydroxylation is 1. The van der Waals surface area contributed by atoms with E-state index >= 15 is 0 Å². The molecular formula is C23H23N5O3S2. The van der Waals surface area contributed by atoms with Gasteiger partial charge in [-0.15, -0.1) is 11.3 Å². The van der Waals surface area contributed by atoms with Gasteiger partial charge in [-0.25, -0.2) is 18.4 Å². The number of imidazole rings is 1. The van der Waals surface area contributed by atoms with Crippen LogP contribution in [0.1, 0.15) is 18.5 Å². The molecule has 10 heteroatoms. The van der Waals surface area contributed by atoms with Crippen molar-refractivity contribution in [1.82, 2.24) is 19.3 Å². The van der Waals surface area contributed by atoms with E-state index in [0.717, 1.165) is 11.3 Å². The van der Waals surface area contributed by atoms with E-state index in [4.69, 9.17) is 0 Å². The number of thiazole rings is 1. The number of piperidine rings is 1. The Kier molecular flexibility index (Phi) is 5.73. The Morgan fingerprint density at radius 2 is 2.00 bits per heavy atom. The molecule has 2 aromatic carbocycles. The van der Waals surface area contributed by atoms with Crippen LogP contribution in [0.15, 0.2) is 58.8 Å². The van der Waals surface area contributed by atoms with Gasteiger partial charge in [0.25, 0.3) is 0 Å². The molecule has 0 bridgehead atoms. The number of sulfonamides is 1. The summed E-state index contributed by atoms with van der Waals surface area (Å²) in [6, 6.07) is 14.6. The minimum Gasteiger partial charge on any atom is -0.338 e. The number of hydrogen-bond donors (Lipinski definition) is 2. The fourth-order valence-corrected chi connectivity index (χ4v) is 6.27. The van der Waals surface area contributed by atoms with Gasteiger partial charge >= 0.3 is 0 Å². The molecule has 33 heavy (non-hydrogen) atoms. The van der Waals surface area contributed by atoms with E-state index in [1.807, 2.05) is 42.6 Å². The Bertz CT molecular complexity index is 1410. The van der Waals surface area contributed by atoms with Gasteiger partial charge in [0.2, 0.25) is 15.9 Å². The zero-order chi connectivity index (χ0) is 23.0. The van der Waals surface area contributed by atoms with Crippen molar-refractivity contribution in [1.29, 1.82) is 0 Å². The van der Waals surface area contributed by atoms with E-state index in [1.54, 1.807) is 18.2 Å². The largest absolute Gasteiger partial charge is 0.338 e. The summed E-state index contributed by atoms with van der Waals surface area (Å²) in [5.74, 6) is 0.0753. The number of carbonyl (C=O) groups is 1. The van der Waals surface area contributed by atoms with Gasteiger partial charge in [-0.2, -0.15) is 4.31 Å². The average molecular weight is 482 g/mol. The molecule has 1 amide bonds. The lowest BCUT2D eigenvalue weighted by molar-refractivity contribution is -0.120. The highest BCUT2D eigenvalue weighted by atomic mass is 32.2.